The van der Waals surface area contributed by atoms with E-state index in [2.05, 4.69) is 34.2 Å². The summed E-state index contributed by atoms with van der Waals surface area (Å²) >= 11 is 0. The standard InChI is InChI=1S/C22H29N3O3/c1-4-24-11-13-25(14-12-24)18-5-10-21(17(2)15-18)23-22(26)16-28-20-8-6-19(27-3)7-9-20/h5-10,15H,4,11-14,16H2,1-3H3,(H,23,26). The highest BCUT2D eigenvalue weighted by Gasteiger charge is 2.16. The third-order valence-corrected chi connectivity index (χ3v) is 5.10. The molecule has 6 nitrogen and oxygen atoms in total. The first-order chi connectivity index (χ1) is 13.6. The minimum Gasteiger partial charge on any atom is -0.497 e. The molecule has 0 aromatic heterocycles. The largest absolute Gasteiger partial charge is 0.497 e. The van der Waals surface area contributed by atoms with Gasteiger partial charge in [0.2, 0.25) is 0 Å². The zero-order chi connectivity index (χ0) is 19.9. The number of aryl methyl sites for hydroxylation is 1. The molecule has 0 saturated carbocycles. The van der Waals surface area contributed by atoms with Gasteiger partial charge in [-0.1, -0.05) is 6.92 Å². The zero-order valence-electron chi connectivity index (χ0n) is 16.9. The maximum atomic E-state index is 12.2. The van der Waals surface area contributed by atoms with E-state index in [0.717, 1.165) is 49.7 Å². The van der Waals surface area contributed by atoms with E-state index in [-0.39, 0.29) is 12.5 Å². The third kappa shape index (κ3) is 5.16. The minimum absolute atomic E-state index is 0.0352. The number of hydrogen-bond acceptors (Lipinski definition) is 5. The number of methoxy groups -OCH3 is 1. The van der Waals surface area contributed by atoms with E-state index >= 15 is 0 Å². The van der Waals surface area contributed by atoms with Crippen LogP contribution in [0.1, 0.15) is 12.5 Å². The first-order valence-electron chi connectivity index (χ1n) is 9.73. The topological polar surface area (TPSA) is 54.0 Å². The van der Waals surface area contributed by atoms with Gasteiger partial charge in [0, 0.05) is 37.6 Å². The number of benzene rings is 2. The molecule has 0 atom stereocenters. The minimum atomic E-state index is -0.178. The molecule has 28 heavy (non-hydrogen) atoms. The van der Waals surface area contributed by atoms with Gasteiger partial charge in [-0.05, 0) is 61.5 Å². The fourth-order valence-corrected chi connectivity index (χ4v) is 3.31. The molecule has 6 heteroatoms. The molecule has 1 fully saturated rings. The highest BCUT2D eigenvalue weighted by atomic mass is 16.5. The van der Waals surface area contributed by atoms with E-state index in [9.17, 15) is 4.79 Å². The predicted octanol–water partition coefficient (Wildman–Crippen LogP) is 3.16. The quantitative estimate of drug-likeness (QED) is 0.796. The van der Waals surface area contributed by atoms with Crippen molar-refractivity contribution in [3.8, 4) is 11.5 Å². The van der Waals surface area contributed by atoms with Crippen molar-refractivity contribution < 1.29 is 14.3 Å². The number of piperazine rings is 1. The summed E-state index contributed by atoms with van der Waals surface area (Å²) in [6, 6.07) is 13.4. The van der Waals surface area contributed by atoms with Gasteiger partial charge in [-0.3, -0.25) is 4.79 Å². The summed E-state index contributed by atoms with van der Waals surface area (Å²) in [7, 11) is 1.61. The number of nitrogens with zero attached hydrogens (tertiary/aromatic N) is 2. The summed E-state index contributed by atoms with van der Waals surface area (Å²) in [5.74, 6) is 1.21. The van der Waals surface area contributed by atoms with Crippen LogP contribution in [0.3, 0.4) is 0 Å². The third-order valence-electron chi connectivity index (χ3n) is 5.10. The van der Waals surface area contributed by atoms with Crippen molar-refractivity contribution >= 4 is 17.3 Å². The van der Waals surface area contributed by atoms with Gasteiger partial charge in [-0.2, -0.15) is 0 Å². The van der Waals surface area contributed by atoms with Crippen LogP contribution in [0.15, 0.2) is 42.5 Å². The fraction of sp³-hybridized carbons (Fsp3) is 0.409. The van der Waals surface area contributed by atoms with Crippen LogP contribution in [0.4, 0.5) is 11.4 Å². The van der Waals surface area contributed by atoms with Crippen LogP contribution >= 0.6 is 0 Å². The van der Waals surface area contributed by atoms with Crippen LogP contribution in [-0.2, 0) is 4.79 Å². The molecule has 0 spiro atoms. The molecule has 0 aliphatic carbocycles. The monoisotopic (exact) mass is 383 g/mol. The summed E-state index contributed by atoms with van der Waals surface area (Å²) < 4.78 is 10.6. The molecule has 0 unspecified atom stereocenters. The van der Waals surface area contributed by atoms with Crippen molar-refractivity contribution in [2.45, 2.75) is 13.8 Å². The highest BCUT2D eigenvalue weighted by molar-refractivity contribution is 5.92. The zero-order valence-corrected chi connectivity index (χ0v) is 16.9. The summed E-state index contributed by atoms with van der Waals surface area (Å²) in [5, 5.41) is 2.93. The number of ether oxygens (including phenoxy) is 2. The first kappa shape index (κ1) is 20.0. The highest BCUT2D eigenvalue weighted by Crippen LogP contribution is 2.24. The second kappa shape index (κ2) is 9.46. The molecule has 150 valence electrons. The van der Waals surface area contributed by atoms with Crippen molar-refractivity contribution in [2.24, 2.45) is 0 Å². The van der Waals surface area contributed by atoms with Crippen LogP contribution in [0.25, 0.3) is 0 Å². The van der Waals surface area contributed by atoms with Gasteiger partial charge in [0.25, 0.3) is 5.91 Å². The van der Waals surface area contributed by atoms with Gasteiger partial charge in [0.15, 0.2) is 6.61 Å². The second-order valence-electron chi connectivity index (χ2n) is 6.93. The maximum Gasteiger partial charge on any atom is 0.262 e. The second-order valence-corrected chi connectivity index (χ2v) is 6.93. The van der Waals surface area contributed by atoms with Gasteiger partial charge in [-0.25, -0.2) is 0 Å². The Hall–Kier alpha value is -2.73. The smallest absolute Gasteiger partial charge is 0.262 e. The number of nitrogens with one attached hydrogen (secondary N) is 1. The Kier molecular flexibility index (Phi) is 6.76. The van der Waals surface area contributed by atoms with Crippen molar-refractivity contribution in [3.63, 3.8) is 0 Å². The maximum absolute atomic E-state index is 12.2. The molecule has 1 N–H and O–H groups in total. The summed E-state index contributed by atoms with van der Waals surface area (Å²) in [6.07, 6.45) is 0. The van der Waals surface area contributed by atoms with Crippen LogP contribution in [0, 0.1) is 6.92 Å². The lowest BCUT2D eigenvalue weighted by Crippen LogP contribution is -2.46. The van der Waals surface area contributed by atoms with E-state index in [1.807, 2.05) is 13.0 Å². The van der Waals surface area contributed by atoms with E-state index < -0.39 is 0 Å². The van der Waals surface area contributed by atoms with Crippen molar-refractivity contribution in [2.75, 3.05) is 56.7 Å². The Balaban J connectivity index is 1.53. The number of anilines is 2. The normalized spacial score (nSPS) is 14.6. The average molecular weight is 383 g/mol. The molecule has 0 bridgehead atoms. The van der Waals surface area contributed by atoms with Crippen LogP contribution in [0.2, 0.25) is 0 Å². The lowest BCUT2D eigenvalue weighted by molar-refractivity contribution is -0.118. The Morgan fingerprint density at radius 3 is 2.32 bits per heavy atom. The number of carbonyl (C=O) groups is 1. The van der Waals surface area contributed by atoms with E-state index in [1.165, 1.54) is 5.69 Å². The molecule has 3 rings (SSSR count). The molecule has 1 aliphatic heterocycles. The Morgan fingerprint density at radius 2 is 1.71 bits per heavy atom. The predicted molar refractivity (Wildman–Crippen MR) is 113 cm³/mol. The Bertz CT molecular complexity index is 784. The number of amides is 1. The lowest BCUT2D eigenvalue weighted by atomic mass is 10.1. The lowest BCUT2D eigenvalue weighted by Gasteiger charge is -2.35. The molecule has 1 aliphatic rings. The number of rotatable bonds is 7. The Morgan fingerprint density at radius 1 is 1.04 bits per heavy atom. The molecule has 2 aromatic rings. The summed E-state index contributed by atoms with van der Waals surface area (Å²) in [5.41, 5.74) is 3.08. The fourth-order valence-electron chi connectivity index (χ4n) is 3.31. The molecule has 1 saturated heterocycles. The van der Waals surface area contributed by atoms with Crippen molar-refractivity contribution in [1.29, 1.82) is 0 Å². The summed E-state index contributed by atoms with van der Waals surface area (Å²) in [6.45, 7) is 9.56. The number of likely N-dealkylation sites (N-methyl/N-ethyl adjacent to an activating group) is 1. The van der Waals surface area contributed by atoms with Crippen LogP contribution < -0.4 is 19.7 Å². The van der Waals surface area contributed by atoms with Crippen molar-refractivity contribution in [1.82, 2.24) is 4.90 Å². The summed E-state index contributed by atoms with van der Waals surface area (Å²) in [4.78, 5) is 17.1. The Labute approximate surface area is 167 Å². The molecule has 1 heterocycles. The average Bonchev–Trinajstić information content (AvgIpc) is 2.74. The molecule has 1 amide bonds. The van der Waals surface area contributed by atoms with Crippen LogP contribution in [0.5, 0.6) is 11.5 Å². The number of hydrogen-bond donors (Lipinski definition) is 1. The van der Waals surface area contributed by atoms with Gasteiger partial charge < -0.3 is 24.6 Å². The van der Waals surface area contributed by atoms with Gasteiger partial charge in [0.1, 0.15) is 11.5 Å². The first-order valence-corrected chi connectivity index (χ1v) is 9.73. The van der Waals surface area contributed by atoms with Gasteiger partial charge >= 0.3 is 0 Å². The molecule has 2 aromatic carbocycles. The molecular weight excluding hydrogens is 354 g/mol. The van der Waals surface area contributed by atoms with Gasteiger partial charge in [0.05, 0.1) is 7.11 Å². The van der Waals surface area contributed by atoms with E-state index in [0.29, 0.717) is 5.75 Å². The number of carbonyl (C=O) groups excluding carboxylic acids is 1. The van der Waals surface area contributed by atoms with E-state index in [4.69, 9.17) is 9.47 Å². The molecule has 0 radical (unpaired) electrons. The van der Waals surface area contributed by atoms with E-state index in [1.54, 1.807) is 31.4 Å². The molecular formula is C22H29N3O3. The van der Waals surface area contributed by atoms with Crippen LogP contribution in [-0.4, -0.2) is 57.2 Å². The van der Waals surface area contributed by atoms with Crippen molar-refractivity contribution in [3.05, 3.63) is 48.0 Å². The van der Waals surface area contributed by atoms with Gasteiger partial charge in [-0.15, -0.1) is 0 Å². The SMILES string of the molecule is CCN1CCN(c2ccc(NC(=O)COc3ccc(OC)cc3)c(C)c2)CC1.